The van der Waals surface area contributed by atoms with Crippen LogP contribution in [0.3, 0.4) is 0 Å². The van der Waals surface area contributed by atoms with Gasteiger partial charge in [0.2, 0.25) is 5.91 Å². The third-order valence-corrected chi connectivity index (χ3v) is 5.45. The number of aliphatic hydroxyl groups excluding tert-OH is 1. The Balaban J connectivity index is 2.00. The van der Waals surface area contributed by atoms with Crippen molar-refractivity contribution in [3.63, 3.8) is 0 Å². The predicted octanol–water partition coefficient (Wildman–Crippen LogP) is 0.685. The second-order valence-corrected chi connectivity index (χ2v) is 7.23. The minimum Gasteiger partial charge on any atom is -0.395 e. The van der Waals surface area contributed by atoms with Crippen LogP contribution < -0.4 is 5.32 Å². The molecule has 1 heterocycles. The molecule has 0 atom stereocenters. The van der Waals surface area contributed by atoms with Gasteiger partial charge >= 0.3 is 0 Å². The van der Waals surface area contributed by atoms with Crippen LogP contribution in [0.5, 0.6) is 0 Å². The fourth-order valence-electron chi connectivity index (χ4n) is 3.60. The van der Waals surface area contributed by atoms with Gasteiger partial charge in [-0.25, -0.2) is 0 Å². The lowest BCUT2D eigenvalue weighted by Crippen LogP contribution is -2.45. The summed E-state index contributed by atoms with van der Waals surface area (Å²) in [6.45, 7) is 6.99. The van der Waals surface area contributed by atoms with Gasteiger partial charge in [0.25, 0.3) is 0 Å². The van der Waals surface area contributed by atoms with Crippen LogP contribution in [0.25, 0.3) is 0 Å². The van der Waals surface area contributed by atoms with Gasteiger partial charge in [-0.1, -0.05) is 6.42 Å². The van der Waals surface area contributed by atoms with Gasteiger partial charge in [-0.2, -0.15) is 0 Å². The summed E-state index contributed by atoms with van der Waals surface area (Å²) in [4.78, 5) is 20.6. The van der Waals surface area contributed by atoms with Gasteiger partial charge in [0, 0.05) is 59.9 Å². The van der Waals surface area contributed by atoms with E-state index < -0.39 is 0 Å². The number of aliphatic imine (C=N–C) groups is 1. The first-order chi connectivity index (χ1) is 12.1. The maximum absolute atomic E-state index is 11.6. The molecule has 25 heavy (non-hydrogen) atoms. The van der Waals surface area contributed by atoms with Crippen LogP contribution in [-0.2, 0) is 9.53 Å². The van der Waals surface area contributed by atoms with Crippen molar-refractivity contribution in [2.24, 2.45) is 10.4 Å². The van der Waals surface area contributed by atoms with Crippen LogP contribution in [0.1, 0.15) is 39.0 Å². The van der Waals surface area contributed by atoms with Crippen LogP contribution >= 0.6 is 0 Å². The summed E-state index contributed by atoms with van der Waals surface area (Å²) in [5.74, 6) is 1.000. The molecule has 7 heteroatoms. The topological polar surface area (TPSA) is 77.4 Å². The molecule has 1 saturated carbocycles. The largest absolute Gasteiger partial charge is 0.395 e. The fraction of sp³-hybridized carbons (Fsp3) is 0.889. The van der Waals surface area contributed by atoms with E-state index in [0.29, 0.717) is 6.54 Å². The average molecular weight is 354 g/mol. The van der Waals surface area contributed by atoms with Crippen LogP contribution in [0.4, 0.5) is 0 Å². The third kappa shape index (κ3) is 5.85. The van der Waals surface area contributed by atoms with Gasteiger partial charge in [0.15, 0.2) is 5.96 Å². The minimum atomic E-state index is 0.0846. The van der Waals surface area contributed by atoms with Crippen molar-refractivity contribution >= 4 is 11.9 Å². The molecular formula is C18H34N4O3. The number of nitrogens with one attached hydrogen (secondary N) is 1. The van der Waals surface area contributed by atoms with E-state index in [1.54, 1.807) is 14.0 Å². The molecule has 0 aromatic heterocycles. The number of methoxy groups -OCH3 is 1. The first-order valence-electron chi connectivity index (χ1n) is 9.49. The first kappa shape index (κ1) is 20.0. The predicted molar refractivity (Wildman–Crippen MR) is 98.6 cm³/mol. The summed E-state index contributed by atoms with van der Waals surface area (Å²) in [6, 6.07) is 0. The summed E-state index contributed by atoms with van der Waals surface area (Å²) in [5.41, 5.74) is 0.277. The van der Waals surface area contributed by atoms with Crippen molar-refractivity contribution in [2.75, 3.05) is 59.6 Å². The summed E-state index contributed by atoms with van der Waals surface area (Å²) in [7, 11) is 1.75. The van der Waals surface area contributed by atoms with Gasteiger partial charge in [-0.15, -0.1) is 0 Å². The normalized spacial score (nSPS) is 20.8. The van der Waals surface area contributed by atoms with Gasteiger partial charge in [-0.05, 0) is 31.1 Å². The van der Waals surface area contributed by atoms with Gasteiger partial charge in [-0.3, -0.25) is 9.79 Å². The quantitative estimate of drug-likeness (QED) is 0.519. The van der Waals surface area contributed by atoms with Gasteiger partial charge < -0.3 is 25.0 Å². The van der Waals surface area contributed by atoms with E-state index in [2.05, 4.69) is 10.2 Å². The van der Waals surface area contributed by atoms with Crippen molar-refractivity contribution in [3.8, 4) is 0 Å². The molecule has 2 aliphatic rings. The summed E-state index contributed by atoms with van der Waals surface area (Å²) < 4.78 is 5.27. The molecular weight excluding hydrogens is 320 g/mol. The number of carbonyl (C=O) groups excluding carboxylic acids is 1. The zero-order valence-corrected chi connectivity index (χ0v) is 15.8. The van der Waals surface area contributed by atoms with Crippen molar-refractivity contribution in [2.45, 2.75) is 39.0 Å². The van der Waals surface area contributed by atoms with E-state index in [9.17, 15) is 9.90 Å². The summed E-state index contributed by atoms with van der Waals surface area (Å²) >= 11 is 0. The van der Waals surface area contributed by atoms with E-state index in [4.69, 9.17) is 9.73 Å². The molecule has 2 N–H and O–H groups in total. The molecule has 2 rings (SSSR count). The minimum absolute atomic E-state index is 0.0846. The zero-order chi connectivity index (χ0) is 18.1. The molecule has 144 valence electrons. The lowest BCUT2D eigenvalue weighted by molar-refractivity contribution is -0.128. The third-order valence-electron chi connectivity index (χ3n) is 5.45. The second-order valence-electron chi connectivity index (χ2n) is 7.23. The molecule has 0 bridgehead atoms. The molecule has 0 aromatic carbocycles. The van der Waals surface area contributed by atoms with Crippen LogP contribution in [0, 0.1) is 5.41 Å². The maximum Gasteiger partial charge on any atom is 0.219 e. The fourth-order valence-corrected chi connectivity index (χ4v) is 3.60. The number of carbonyl (C=O) groups is 1. The zero-order valence-electron chi connectivity index (χ0n) is 15.8. The Hall–Kier alpha value is -1.34. The summed E-state index contributed by atoms with van der Waals surface area (Å²) in [5, 5.41) is 12.5. The van der Waals surface area contributed by atoms with Crippen molar-refractivity contribution in [3.05, 3.63) is 0 Å². The Morgan fingerprint density at radius 2 is 1.92 bits per heavy atom. The molecule has 2 fully saturated rings. The number of rotatable bonds is 7. The molecule has 7 nitrogen and oxygen atoms in total. The van der Waals surface area contributed by atoms with Gasteiger partial charge in [0.1, 0.15) is 0 Å². The Kier molecular flexibility index (Phi) is 7.96. The molecule has 0 unspecified atom stereocenters. The Morgan fingerprint density at radius 1 is 1.20 bits per heavy atom. The maximum atomic E-state index is 11.6. The molecule has 0 radical (unpaired) electrons. The monoisotopic (exact) mass is 354 g/mol. The molecule has 1 aliphatic heterocycles. The number of aliphatic hydroxyl groups is 1. The summed E-state index contributed by atoms with van der Waals surface area (Å²) in [6.07, 6.45) is 5.69. The van der Waals surface area contributed by atoms with E-state index in [-0.39, 0.29) is 17.9 Å². The Morgan fingerprint density at radius 3 is 2.52 bits per heavy atom. The van der Waals surface area contributed by atoms with Crippen LogP contribution in [-0.4, -0.2) is 86.4 Å². The molecule has 1 aliphatic carbocycles. The highest BCUT2D eigenvalue weighted by molar-refractivity contribution is 5.80. The lowest BCUT2D eigenvalue weighted by Gasteiger charge is -2.41. The molecule has 0 aromatic rings. The first-order valence-corrected chi connectivity index (χ1v) is 9.49. The molecule has 1 amide bonds. The molecule has 0 spiro atoms. The van der Waals surface area contributed by atoms with Crippen molar-refractivity contribution in [1.29, 1.82) is 0 Å². The number of nitrogens with zero attached hydrogens (tertiary/aromatic N) is 3. The van der Waals surface area contributed by atoms with E-state index in [1.807, 2.05) is 4.90 Å². The highest BCUT2D eigenvalue weighted by Gasteiger charge is 2.36. The smallest absolute Gasteiger partial charge is 0.219 e. The Bertz CT molecular complexity index is 452. The van der Waals surface area contributed by atoms with Crippen molar-refractivity contribution in [1.82, 2.24) is 15.1 Å². The van der Waals surface area contributed by atoms with Crippen LogP contribution in [0.15, 0.2) is 4.99 Å². The van der Waals surface area contributed by atoms with Gasteiger partial charge in [0.05, 0.1) is 6.61 Å². The second kappa shape index (κ2) is 9.97. The number of hydrogen-bond donors (Lipinski definition) is 2. The lowest BCUT2D eigenvalue weighted by atomic mass is 9.67. The van der Waals surface area contributed by atoms with E-state index in [0.717, 1.165) is 58.1 Å². The highest BCUT2D eigenvalue weighted by Crippen LogP contribution is 2.44. The van der Waals surface area contributed by atoms with E-state index in [1.165, 1.54) is 19.3 Å². The standard InChI is InChI=1S/C18H34N4O3/c1-16(24)21-9-4-10-22(12-11-21)17(19-8-13-23)20-15-18(5-3-6-18)7-14-25-2/h23H,3-15H2,1-2H3,(H,19,20). The SMILES string of the molecule is COCCC1(CN=C(NCCO)N2CCCN(C(C)=O)CC2)CCC1. The number of ether oxygens (including phenoxy) is 1. The average Bonchev–Trinajstić information content (AvgIpc) is 2.82. The number of guanidine groups is 1. The van der Waals surface area contributed by atoms with Crippen LogP contribution in [0.2, 0.25) is 0 Å². The number of hydrogen-bond acceptors (Lipinski definition) is 4. The molecule has 1 saturated heterocycles. The highest BCUT2D eigenvalue weighted by atomic mass is 16.5. The van der Waals surface area contributed by atoms with Crippen molar-refractivity contribution < 1.29 is 14.6 Å². The van der Waals surface area contributed by atoms with E-state index >= 15 is 0 Å². The Labute approximate surface area is 151 Å². The number of amides is 1.